The van der Waals surface area contributed by atoms with Gasteiger partial charge in [-0.25, -0.2) is 0 Å². The molecule has 16 heavy (non-hydrogen) atoms. The lowest BCUT2D eigenvalue weighted by molar-refractivity contribution is 0.0505. The van der Waals surface area contributed by atoms with Crippen molar-refractivity contribution in [1.82, 2.24) is 0 Å². The lowest BCUT2D eigenvalue weighted by Gasteiger charge is -2.33. The Labute approximate surface area is 101 Å². The van der Waals surface area contributed by atoms with E-state index in [0.29, 0.717) is 26.4 Å². The van der Waals surface area contributed by atoms with Crippen molar-refractivity contribution in [3.05, 3.63) is 0 Å². The van der Waals surface area contributed by atoms with Crippen molar-refractivity contribution in [1.29, 1.82) is 0 Å². The van der Waals surface area contributed by atoms with E-state index in [9.17, 15) is 0 Å². The van der Waals surface area contributed by atoms with Crippen LogP contribution < -0.4 is 5.73 Å². The molecule has 1 unspecified atom stereocenters. The fourth-order valence-corrected chi connectivity index (χ4v) is 4.60. The Morgan fingerprint density at radius 2 is 1.62 bits per heavy atom. The average molecular weight is 249 g/mol. The van der Waals surface area contributed by atoms with Gasteiger partial charge < -0.3 is 19.3 Å². The molecule has 0 radical (unpaired) electrons. The van der Waals surface area contributed by atoms with E-state index in [1.54, 1.807) is 0 Å². The van der Waals surface area contributed by atoms with Gasteiger partial charge in [-0.1, -0.05) is 0 Å². The molecule has 0 aromatic carbocycles. The zero-order valence-corrected chi connectivity index (χ0v) is 12.1. The van der Waals surface area contributed by atoms with Crippen molar-refractivity contribution in [2.24, 2.45) is 5.73 Å². The minimum Gasteiger partial charge on any atom is -0.393 e. The first-order valence-electron chi connectivity index (χ1n) is 6.24. The van der Waals surface area contributed by atoms with Gasteiger partial charge in [0.25, 0.3) is 0 Å². The molecule has 0 aliphatic carbocycles. The molecule has 0 aromatic rings. The molecule has 0 spiro atoms. The first-order chi connectivity index (χ1) is 7.64. The topological polar surface area (TPSA) is 53.7 Å². The maximum Gasteiger partial charge on any atom is 0.364 e. The Hall–Kier alpha value is 0.0569. The Morgan fingerprint density at radius 3 is 2.00 bits per heavy atom. The van der Waals surface area contributed by atoms with Gasteiger partial charge in [0.2, 0.25) is 0 Å². The Balaban J connectivity index is 4.49. The van der Waals surface area contributed by atoms with Crippen LogP contribution in [0, 0.1) is 0 Å². The number of hydrogen-bond donors (Lipinski definition) is 1. The molecule has 0 aromatic heterocycles. The third-order valence-corrected chi connectivity index (χ3v) is 5.83. The van der Waals surface area contributed by atoms with Gasteiger partial charge in [0.15, 0.2) is 0 Å². The van der Waals surface area contributed by atoms with Crippen LogP contribution in [0.15, 0.2) is 0 Å². The number of rotatable bonds is 10. The van der Waals surface area contributed by atoms with Gasteiger partial charge in [-0.3, -0.25) is 0 Å². The van der Waals surface area contributed by atoms with Crippen molar-refractivity contribution < 1.29 is 13.6 Å². The average Bonchev–Trinajstić information content (AvgIpc) is 2.24. The minimum absolute atomic E-state index is 0.0842. The van der Waals surface area contributed by atoms with E-state index in [-0.39, 0.29) is 5.73 Å². The van der Waals surface area contributed by atoms with Gasteiger partial charge in [-0.15, -0.1) is 0 Å². The molecule has 0 amide bonds. The zero-order chi connectivity index (χ0) is 12.4. The van der Waals surface area contributed by atoms with E-state index in [2.05, 4.69) is 6.55 Å². The number of nitrogens with two attached hydrogens (primary N) is 1. The maximum absolute atomic E-state index is 5.83. The largest absolute Gasteiger partial charge is 0.393 e. The summed E-state index contributed by atoms with van der Waals surface area (Å²) in [5.41, 5.74) is 5.63. The van der Waals surface area contributed by atoms with Crippen LogP contribution in [0.5, 0.6) is 0 Å². The van der Waals surface area contributed by atoms with E-state index in [0.717, 1.165) is 12.8 Å². The van der Waals surface area contributed by atoms with Crippen LogP contribution in [0.3, 0.4) is 0 Å². The maximum atomic E-state index is 5.83. The molecule has 0 heterocycles. The lowest BCUT2D eigenvalue weighted by atomic mass is 10.3. The van der Waals surface area contributed by atoms with Gasteiger partial charge in [-0.2, -0.15) is 0 Å². The number of ether oxygens (including phenoxy) is 1. The summed E-state index contributed by atoms with van der Waals surface area (Å²) < 4.78 is 17.4. The van der Waals surface area contributed by atoms with Crippen LogP contribution in [0.4, 0.5) is 0 Å². The second-order valence-electron chi connectivity index (χ2n) is 3.76. The second-order valence-corrected chi connectivity index (χ2v) is 7.01. The molecule has 1 atom stereocenters. The molecule has 0 fully saturated rings. The third-order valence-electron chi connectivity index (χ3n) is 2.49. The molecule has 0 rings (SSSR count). The standard InChI is InChI=1S/C11H27NO3Si/c1-5-13-11(9-8-10-12)16(4,14-6-2)15-7-3/h11H,5-10,12H2,1-4H3. The Bertz CT molecular complexity index is 163. The molecule has 0 saturated carbocycles. The summed E-state index contributed by atoms with van der Waals surface area (Å²) >= 11 is 0. The summed E-state index contributed by atoms with van der Waals surface area (Å²) in [6, 6.07) is 0. The molecule has 0 aliphatic heterocycles. The third kappa shape index (κ3) is 5.40. The highest BCUT2D eigenvalue weighted by atomic mass is 28.4. The highest BCUT2D eigenvalue weighted by molar-refractivity contribution is 6.67. The first-order valence-corrected chi connectivity index (χ1v) is 8.63. The first kappa shape index (κ1) is 16.1. The summed E-state index contributed by atoms with van der Waals surface area (Å²) in [4.78, 5) is 0. The highest BCUT2D eigenvalue weighted by Crippen LogP contribution is 2.20. The molecule has 5 heteroatoms. The van der Waals surface area contributed by atoms with E-state index in [1.807, 2.05) is 20.8 Å². The summed E-state index contributed by atoms with van der Waals surface area (Å²) in [6.07, 6.45) is 1.88. The van der Waals surface area contributed by atoms with Gasteiger partial charge in [0.1, 0.15) is 5.73 Å². The van der Waals surface area contributed by atoms with Gasteiger partial charge in [-0.05, 0) is 46.7 Å². The SMILES string of the molecule is CCOC(CCCN)[Si](C)(OCC)OCC. The van der Waals surface area contributed by atoms with E-state index < -0.39 is 8.56 Å². The molecular formula is C11H27NO3Si. The molecule has 0 saturated heterocycles. The van der Waals surface area contributed by atoms with Crippen LogP contribution in [-0.2, 0) is 13.6 Å². The van der Waals surface area contributed by atoms with E-state index in [1.165, 1.54) is 0 Å². The van der Waals surface area contributed by atoms with Crippen molar-refractivity contribution in [2.75, 3.05) is 26.4 Å². The van der Waals surface area contributed by atoms with Crippen LogP contribution in [0.25, 0.3) is 0 Å². The zero-order valence-electron chi connectivity index (χ0n) is 11.1. The van der Waals surface area contributed by atoms with Gasteiger partial charge >= 0.3 is 8.56 Å². The fourth-order valence-electron chi connectivity index (χ4n) is 1.80. The lowest BCUT2D eigenvalue weighted by Crippen LogP contribution is -2.52. The molecule has 0 bridgehead atoms. The monoisotopic (exact) mass is 249 g/mol. The summed E-state index contributed by atoms with van der Waals surface area (Å²) in [6.45, 7) is 10.8. The van der Waals surface area contributed by atoms with Gasteiger partial charge in [0.05, 0.1) is 0 Å². The van der Waals surface area contributed by atoms with Crippen LogP contribution in [-0.4, -0.2) is 40.7 Å². The summed E-state index contributed by atoms with van der Waals surface area (Å²) in [5.74, 6) is 0. The van der Waals surface area contributed by atoms with Crippen LogP contribution in [0.1, 0.15) is 33.6 Å². The van der Waals surface area contributed by atoms with Crippen LogP contribution >= 0.6 is 0 Å². The van der Waals surface area contributed by atoms with E-state index in [4.69, 9.17) is 19.3 Å². The van der Waals surface area contributed by atoms with Crippen molar-refractivity contribution >= 4 is 8.56 Å². The number of hydrogen-bond acceptors (Lipinski definition) is 4. The van der Waals surface area contributed by atoms with Crippen LogP contribution in [0.2, 0.25) is 6.55 Å². The second kappa shape index (κ2) is 9.12. The Kier molecular flexibility index (Phi) is 9.16. The fraction of sp³-hybridized carbons (Fsp3) is 1.00. The summed E-state index contributed by atoms with van der Waals surface area (Å²) in [7, 11) is -2.21. The van der Waals surface area contributed by atoms with E-state index >= 15 is 0 Å². The molecule has 2 N–H and O–H groups in total. The molecular weight excluding hydrogens is 222 g/mol. The molecule has 98 valence electrons. The van der Waals surface area contributed by atoms with Crippen molar-refractivity contribution in [3.63, 3.8) is 0 Å². The molecule has 0 aliphatic rings. The predicted molar refractivity (Wildman–Crippen MR) is 68.6 cm³/mol. The van der Waals surface area contributed by atoms with Gasteiger partial charge in [0, 0.05) is 19.8 Å². The predicted octanol–water partition coefficient (Wildman–Crippen LogP) is 1.81. The highest BCUT2D eigenvalue weighted by Gasteiger charge is 2.41. The smallest absolute Gasteiger partial charge is 0.364 e. The minimum atomic E-state index is -2.21. The molecule has 4 nitrogen and oxygen atoms in total. The van der Waals surface area contributed by atoms with Crippen molar-refractivity contribution in [3.8, 4) is 0 Å². The van der Waals surface area contributed by atoms with Crippen molar-refractivity contribution in [2.45, 2.75) is 45.9 Å². The summed E-state index contributed by atoms with van der Waals surface area (Å²) in [5, 5.41) is 0. The Morgan fingerprint density at radius 1 is 1.06 bits per heavy atom. The normalized spacial score (nSPS) is 14.1. The quantitative estimate of drug-likeness (QED) is 0.600.